The van der Waals surface area contributed by atoms with Crippen LogP contribution in [-0.4, -0.2) is 62.0 Å². The second-order valence-electron chi connectivity index (χ2n) is 8.96. The lowest BCUT2D eigenvalue weighted by atomic mass is 10.0. The second kappa shape index (κ2) is 30.3. The van der Waals surface area contributed by atoms with Gasteiger partial charge < -0.3 is 18.6 Å². The molecule has 33 heavy (non-hydrogen) atoms. The summed E-state index contributed by atoms with van der Waals surface area (Å²) in [6.07, 6.45) is 24.3. The molecule has 0 radical (unpaired) electrons. The number of nitrogens with one attached hydrogen (secondary N) is 1. The zero-order valence-electron chi connectivity index (χ0n) is 23.5. The highest BCUT2D eigenvalue weighted by atomic mass is 35.5. The Balaban J connectivity index is -0.000000596. The van der Waals surface area contributed by atoms with Crippen LogP contribution < -0.4 is 5.32 Å². The van der Waals surface area contributed by atoms with Gasteiger partial charge >= 0.3 is 8.97 Å². The molecule has 0 heterocycles. The van der Waals surface area contributed by atoms with Gasteiger partial charge in [0, 0.05) is 21.3 Å². The van der Waals surface area contributed by atoms with Gasteiger partial charge in [-0.05, 0) is 40.0 Å². The molecule has 0 atom stereocenters. The van der Waals surface area contributed by atoms with Crippen LogP contribution in [0.4, 0.5) is 0 Å². The van der Waals surface area contributed by atoms with Crippen LogP contribution in [0.15, 0.2) is 0 Å². The third kappa shape index (κ3) is 23.8. The van der Waals surface area contributed by atoms with Crippen molar-refractivity contribution in [1.29, 1.82) is 0 Å². The van der Waals surface area contributed by atoms with Crippen LogP contribution in [-0.2, 0) is 13.3 Å². The summed E-state index contributed by atoms with van der Waals surface area (Å²) < 4.78 is 17.8. The summed E-state index contributed by atoms with van der Waals surface area (Å²) in [5.74, 6) is 0. The molecular weight excluding hydrogens is 452 g/mol. The van der Waals surface area contributed by atoms with E-state index in [2.05, 4.69) is 19.2 Å². The first-order valence-corrected chi connectivity index (χ1v) is 15.3. The summed E-state index contributed by atoms with van der Waals surface area (Å²) in [6.45, 7) is 6.51. The molecule has 0 aliphatic carbocycles. The Hall–Kier alpha value is 0.307. The number of hydrogen-bond acceptors (Lipinski definition) is 5. The molecule has 0 fully saturated rings. The van der Waals surface area contributed by atoms with Crippen LogP contribution in [0.1, 0.15) is 123 Å². The van der Waals surface area contributed by atoms with Gasteiger partial charge in [-0.3, -0.25) is 4.57 Å². The smallest absolute Gasteiger partial charge is 0.364 e. The third-order valence-corrected chi connectivity index (χ3v) is 8.79. The molecule has 0 spiro atoms. The van der Waals surface area contributed by atoms with Gasteiger partial charge in [0.05, 0.1) is 0 Å². The van der Waals surface area contributed by atoms with Crippen molar-refractivity contribution in [3.05, 3.63) is 0 Å². The maximum absolute atomic E-state index is 5.27. The fourth-order valence-corrected chi connectivity index (χ4v) is 5.97. The van der Waals surface area contributed by atoms with Crippen molar-refractivity contribution < 1.29 is 13.3 Å². The van der Waals surface area contributed by atoms with Crippen molar-refractivity contribution in [1.82, 2.24) is 9.88 Å². The minimum Gasteiger partial charge on any atom is -0.364 e. The van der Waals surface area contributed by atoms with E-state index in [0.29, 0.717) is 0 Å². The first kappa shape index (κ1) is 37.8. The molecule has 0 saturated heterocycles. The minimum absolute atomic E-state index is 0. The highest BCUT2D eigenvalue weighted by molar-refractivity contribution is 6.57. The summed E-state index contributed by atoms with van der Waals surface area (Å²) >= 11 is 0. The van der Waals surface area contributed by atoms with Crippen LogP contribution in [0.5, 0.6) is 0 Å². The van der Waals surface area contributed by atoms with E-state index in [9.17, 15) is 0 Å². The lowest BCUT2D eigenvalue weighted by Crippen LogP contribution is -2.57. The molecule has 0 bridgehead atoms. The van der Waals surface area contributed by atoms with Crippen LogP contribution in [0, 0.1) is 0 Å². The highest BCUT2D eigenvalue weighted by Gasteiger charge is 2.43. The quantitative estimate of drug-likeness (QED) is 0.113. The van der Waals surface area contributed by atoms with Crippen LogP contribution in [0.2, 0.25) is 0 Å². The summed E-state index contributed by atoms with van der Waals surface area (Å²) in [4.78, 5) is 0. The minimum atomic E-state index is -2.51. The van der Waals surface area contributed by atoms with Crippen LogP contribution >= 0.6 is 12.4 Å². The molecule has 204 valence electrons. The maximum Gasteiger partial charge on any atom is 0.598 e. The third-order valence-electron chi connectivity index (χ3n) is 6.08. The molecule has 0 aliphatic rings. The summed E-state index contributed by atoms with van der Waals surface area (Å²) in [6, 6.07) is 0. The van der Waals surface area contributed by atoms with Gasteiger partial charge in [0.1, 0.15) is 0 Å². The molecule has 0 aromatic carbocycles. The number of nitrogens with zero attached hydrogens (tertiary/aromatic N) is 1. The molecule has 0 amide bonds. The Morgan fingerprint density at radius 1 is 0.576 bits per heavy atom. The number of halogens is 1. The fourth-order valence-electron chi connectivity index (χ4n) is 4.04. The fraction of sp³-hybridized carbons (Fsp3) is 1.00. The van der Waals surface area contributed by atoms with E-state index in [-0.39, 0.29) is 12.4 Å². The lowest BCUT2D eigenvalue weighted by Gasteiger charge is -2.31. The SMILES string of the molecule is CCCCCCCCCCCCCCCCCCNC.CCCN(C)[Si](OC)(OC)OC.Cl. The first-order chi connectivity index (χ1) is 15.6. The van der Waals surface area contributed by atoms with E-state index in [1.54, 1.807) is 21.3 Å². The van der Waals surface area contributed by atoms with E-state index >= 15 is 0 Å². The Bertz CT molecular complexity index is 325. The summed E-state index contributed by atoms with van der Waals surface area (Å²) in [7, 11) is 6.34. The van der Waals surface area contributed by atoms with Crippen molar-refractivity contribution in [2.45, 2.75) is 123 Å². The normalized spacial score (nSPS) is 11.3. The van der Waals surface area contributed by atoms with E-state index in [0.717, 1.165) is 13.0 Å². The van der Waals surface area contributed by atoms with E-state index in [1.807, 2.05) is 18.7 Å². The van der Waals surface area contributed by atoms with Gasteiger partial charge in [-0.25, -0.2) is 0 Å². The average molecular weight is 513 g/mol. The van der Waals surface area contributed by atoms with Crippen LogP contribution in [0.3, 0.4) is 0 Å². The molecule has 0 aromatic rings. The van der Waals surface area contributed by atoms with Crippen molar-refractivity contribution in [2.24, 2.45) is 0 Å². The maximum atomic E-state index is 5.27. The summed E-state index contributed by atoms with van der Waals surface area (Å²) in [5, 5.41) is 3.22. The molecular formula is C26H61ClN2O3Si. The van der Waals surface area contributed by atoms with Gasteiger partial charge in [-0.1, -0.05) is 110 Å². The Morgan fingerprint density at radius 3 is 1.18 bits per heavy atom. The highest BCUT2D eigenvalue weighted by Crippen LogP contribution is 2.13. The van der Waals surface area contributed by atoms with E-state index < -0.39 is 8.97 Å². The molecule has 0 aliphatic heterocycles. The molecule has 1 N–H and O–H groups in total. The average Bonchev–Trinajstić information content (AvgIpc) is 2.81. The van der Waals surface area contributed by atoms with Crippen molar-refractivity contribution in [3.8, 4) is 0 Å². The first-order valence-electron chi connectivity index (χ1n) is 13.6. The predicted octanol–water partition coefficient (Wildman–Crippen LogP) is 7.59. The molecule has 5 nitrogen and oxygen atoms in total. The zero-order chi connectivity index (χ0) is 24.3. The molecule has 0 rings (SSSR count). The zero-order valence-corrected chi connectivity index (χ0v) is 25.3. The van der Waals surface area contributed by atoms with Crippen molar-refractivity contribution in [3.63, 3.8) is 0 Å². The van der Waals surface area contributed by atoms with E-state index in [1.165, 1.54) is 109 Å². The van der Waals surface area contributed by atoms with Crippen molar-refractivity contribution in [2.75, 3.05) is 48.5 Å². The number of unbranched alkanes of at least 4 members (excludes halogenated alkanes) is 15. The largest absolute Gasteiger partial charge is 0.598 e. The van der Waals surface area contributed by atoms with Gasteiger partial charge in [0.15, 0.2) is 0 Å². The van der Waals surface area contributed by atoms with Crippen molar-refractivity contribution >= 4 is 21.4 Å². The lowest BCUT2D eigenvalue weighted by molar-refractivity contribution is 0.0665. The standard InChI is InChI=1S/C19H41N.C7H19NO3Si.ClH/c1-3-4-5-6-7-8-9-10-11-12-13-14-15-16-17-18-19-20-2;1-6-7-8(2)12(9-3,10-4)11-5;/h20H,3-19H2,1-2H3;6-7H2,1-5H3;1H. The van der Waals surface area contributed by atoms with Gasteiger partial charge in [-0.15, -0.1) is 12.4 Å². The molecule has 0 aromatic heterocycles. The molecule has 0 saturated carbocycles. The number of rotatable bonds is 23. The Labute approximate surface area is 216 Å². The Morgan fingerprint density at radius 2 is 0.909 bits per heavy atom. The molecule has 7 heteroatoms. The van der Waals surface area contributed by atoms with E-state index in [4.69, 9.17) is 13.3 Å². The number of hydrogen-bond donors (Lipinski definition) is 1. The topological polar surface area (TPSA) is 43.0 Å². The predicted molar refractivity (Wildman–Crippen MR) is 150 cm³/mol. The van der Waals surface area contributed by atoms with Gasteiger partial charge in [0.25, 0.3) is 0 Å². The van der Waals surface area contributed by atoms with Gasteiger partial charge in [0.2, 0.25) is 0 Å². The van der Waals surface area contributed by atoms with Crippen LogP contribution in [0.25, 0.3) is 0 Å². The Kier molecular flexibility index (Phi) is 34.8. The van der Waals surface area contributed by atoms with Gasteiger partial charge in [-0.2, -0.15) is 0 Å². The monoisotopic (exact) mass is 512 g/mol. The molecule has 0 unspecified atom stereocenters. The second-order valence-corrected chi connectivity index (χ2v) is 12.0. The summed E-state index contributed by atoms with van der Waals surface area (Å²) in [5.41, 5.74) is 0.